The van der Waals surface area contributed by atoms with Gasteiger partial charge in [-0.1, -0.05) is 45.7 Å². The predicted molar refractivity (Wildman–Crippen MR) is 69.9 cm³/mol. The smallest absolute Gasteiger partial charge is 0.0725 e. The van der Waals surface area contributed by atoms with E-state index in [1.54, 1.807) is 0 Å². The molecule has 1 aromatic rings. The van der Waals surface area contributed by atoms with Crippen LogP contribution in [0.4, 0.5) is 0 Å². The van der Waals surface area contributed by atoms with E-state index in [4.69, 9.17) is 0 Å². The predicted octanol–water partition coefficient (Wildman–Crippen LogP) is 3.62. The molecule has 1 saturated carbocycles. The first-order chi connectivity index (χ1) is 8.00. The van der Waals surface area contributed by atoms with Crippen LogP contribution in [-0.2, 0) is 6.42 Å². The van der Waals surface area contributed by atoms with Gasteiger partial charge in [0, 0.05) is 0 Å². The van der Waals surface area contributed by atoms with Gasteiger partial charge >= 0.3 is 0 Å². The Balaban J connectivity index is 1.83. The molecule has 2 rings (SSSR count). The molecular formula is C14H25N3. The highest BCUT2D eigenvalue weighted by Crippen LogP contribution is 2.55. The molecule has 17 heavy (non-hydrogen) atoms. The number of unbranched alkanes of at least 4 members (excludes halogenated alkanes) is 1. The SMILES string of the molecule is CC(C)CCCCc1cnnn1C1CC1(C)C. The Morgan fingerprint density at radius 1 is 1.41 bits per heavy atom. The first-order valence-electron chi connectivity index (χ1n) is 6.90. The van der Waals surface area contributed by atoms with Crippen molar-refractivity contribution in [3.8, 4) is 0 Å². The van der Waals surface area contributed by atoms with Crippen molar-refractivity contribution in [1.82, 2.24) is 15.0 Å². The highest BCUT2D eigenvalue weighted by atomic mass is 15.5. The molecule has 1 unspecified atom stereocenters. The van der Waals surface area contributed by atoms with E-state index in [0.717, 1.165) is 12.3 Å². The van der Waals surface area contributed by atoms with Crippen molar-refractivity contribution in [2.75, 3.05) is 0 Å². The monoisotopic (exact) mass is 235 g/mol. The van der Waals surface area contributed by atoms with Gasteiger partial charge in [0.2, 0.25) is 0 Å². The Hall–Kier alpha value is -0.860. The lowest BCUT2D eigenvalue weighted by molar-refractivity contribution is 0.472. The summed E-state index contributed by atoms with van der Waals surface area (Å²) in [5, 5.41) is 8.33. The highest BCUT2D eigenvalue weighted by molar-refractivity contribution is 5.06. The fourth-order valence-electron chi connectivity index (χ4n) is 2.42. The molecule has 0 N–H and O–H groups in total. The Bertz CT molecular complexity index is 365. The summed E-state index contributed by atoms with van der Waals surface area (Å²) < 4.78 is 2.16. The van der Waals surface area contributed by atoms with E-state index in [1.165, 1.54) is 31.4 Å². The second kappa shape index (κ2) is 4.79. The molecule has 1 aliphatic rings. The van der Waals surface area contributed by atoms with Gasteiger partial charge in [0.05, 0.1) is 17.9 Å². The van der Waals surface area contributed by atoms with Crippen LogP contribution in [0.3, 0.4) is 0 Å². The summed E-state index contributed by atoms with van der Waals surface area (Å²) in [5.41, 5.74) is 1.75. The topological polar surface area (TPSA) is 30.7 Å². The van der Waals surface area contributed by atoms with Crippen LogP contribution in [0, 0.1) is 11.3 Å². The van der Waals surface area contributed by atoms with Crippen molar-refractivity contribution in [1.29, 1.82) is 0 Å². The summed E-state index contributed by atoms with van der Waals surface area (Å²) in [7, 11) is 0. The van der Waals surface area contributed by atoms with Gasteiger partial charge in [-0.05, 0) is 30.6 Å². The van der Waals surface area contributed by atoms with Crippen LogP contribution in [0.2, 0.25) is 0 Å². The van der Waals surface area contributed by atoms with Crippen LogP contribution in [0.1, 0.15) is 65.1 Å². The van der Waals surface area contributed by atoms with Gasteiger partial charge in [-0.25, -0.2) is 4.68 Å². The number of aryl methyl sites for hydroxylation is 1. The second-order valence-electron chi connectivity index (χ2n) is 6.52. The summed E-state index contributed by atoms with van der Waals surface area (Å²) in [6.07, 6.45) is 8.23. The maximum atomic E-state index is 4.25. The molecule has 1 aromatic heterocycles. The van der Waals surface area contributed by atoms with E-state index in [9.17, 15) is 0 Å². The van der Waals surface area contributed by atoms with Crippen molar-refractivity contribution in [2.24, 2.45) is 11.3 Å². The maximum Gasteiger partial charge on any atom is 0.0725 e. The van der Waals surface area contributed by atoms with E-state index in [1.807, 2.05) is 6.20 Å². The van der Waals surface area contributed by atoms with Crippen molar-refractivity contribution >= 4 is 0 Å². The molecule has 0 aliphatic heterocycles. The van der Waals surface area contributed by atoms with Crippen LogP contribution in [-0.4, -0.2) is 15.0 Å². The van der Waals surface area contributed by atoms with Crippen molar-refractivity contribution in [2.45, 2.75) is 65.8 Å². The third-order valence-electron chi connectivity index (χ3n) is 3.87. The minimum Gasteiger partial charge on any atom is -0.246 e. The molecule has 3 heteroatoms. The molecule has 1 heterocycles. The average molecular weight is 235 g/mol. The van der Waals surface area contributed by atoms with Crippen molar-refractivity contribution < 1.29 is 0 Å². The Morgan fingerprint density at radius 3 is 2.71 bits per heavy atom. The Labute approximate surface area is 105 Å². The molecule has 96 valence electrons. The number of rotatable bonds is 6. The fourth-order valence-corrected chi connectivity index (χ4v) is 2.42. The molecule has 0 spiro atoms. The fraction of sp³-hybridized carbons (Fsp3) is 0.857. The number of hydrogen-bond donors (Lipinski definition) is 0. The minimum absolute atomic E-state index is 0.431. The lowest BCUT2D eigenvalue weighted by Crippen LogP contribution is -2.07. The second-order valence-corrected chi connectivity index (χ2v) is 6.52. The summed E-state index contributed by atoms with van der Waals surface area (Å²) in [6, 6.07) is 0.588. The van der Waals surface area contributed by atoms with E-state index in [-0.39, 0.29) is 0 Å². The van der Waals surface area contributed by atoms with E-state index in [0.29, 0.717) is 11.5 Å². The molecule has 3 nitrogen and oxygen atoms in total. The first kappa shape index (κ1) is 12.6. The average Bonchev–Trinajstić information content (AvgIpc) is 2.70. The third-order valence-corrected chi connectivity index (χ3v) is 3.87. The lowest BCUT2D eigenvalue weighted by Gasteiger charge is -2.08. The van der Waals surface area contributed by atoms with Crippen molar-refractivity contribution in [3.63, 3.8) is 0 Å². The Kier molecular flexibility index (Phi) is 3.55. The molecule has 0 radical (unpaired) electrons. The maximum absolute atomic E-state index is 4.25. The van der Waals surface area contributed by atoms with Crippen molar-refractivity contribution in [3.05, 3.63) is 11.9 Å². The molecule has 0 aromatic carbocycles. The lowest BCUT2D eigenvalue weighted by atomic mass is 10.0. The van der Waals surface area contributed by atoms with Crippen LogP contribution in [0.15, 0.2) is 6.20 Å². The number of hydrogen-bond acceptors (Lipinski definition) is 2. The van der Waals surface area contributed by atoms with Crippen LogP contribution in [0.5, 0.6) is 0 Å². The van der Waals surface area contributed by atoms with E-state index >= 15 is 0 Å². The molecule has 1 aliphatic carbocycles. The zero-order valence-corrected chi connectivity index (χ0v) is 11.6. The number of aromatic nitrogens is 3. The van der Waals surface area contributed by atoms with Gasteiger partial charge in [0.25, 0.3) is 0 Å². The van der Waals surface area contributed by atoms with E-state index < -0.39 is 0 Å². The quantitative estimate of drug-likeness (QED) is 0.705. The van der Waals surface area contributed by atoms with Crippen LogP contribution >= 0.6 is 0 Å². The van der Waals surface area contributed by atoms with Gasteiger partial charge in [0.1, 0.15) is 0 Å². The van der Waals surface area contributed by atoms with Gasteiger partial charge in [-0.15, -0.1) is 5.10 Å². The van der Waals surface area contributed by atoms with Gasteiger partial charge in [-0.3, -0.25) is 0 Å². The normalized spacial score (nSPS) is 22.1. The summed E-state index contributed by atoms with van der Waals surface area (Å²) >= 11 is 0. The molecule has 0 saturated heterocycles. The first-order valence-corrected chi connectivity index (χ1v) is 6.90. The van der Waals surface area contributed by atoms with Crippen LogP contribution < -0.4 is 0 Å². The highest BCUT2D eigenvalue weighted by Gasteiger charge is 2.48. The van der Waals surface area contributed by atoms with E-state index in [2.05, 4.69) is 42.7 Å². The largest absolute Gasteiger partial charge is 0.246 e. The van der Waals surface area contributed by atoms with Gasteiger partial charge < -0.3 is 0 Å². The summed E-state index contributed by atoms with van der Waals surface area (Å²) in [4.78, 5) is 0. The summed E-state index contributed by atoms with van der Waals surface area (Å²) in [6.45, 7) is 9.20. The standard InChI is InChI=1S/C14H25N3/c1-11(2)7-5-6-8-12-10-15-16-17(12)13-9-14(13,3)4/h10-11,13H,5-9H2,1-4H3. The molecule has 1 atom stereocenters. The molecule has 0 bridgehead atoms. The molecule has 1 fully saturated rings. The zero-order valence-electron chi connectivity index (χ0n) is 11.6. The van der Waals surface area contributed by atoms with Crippen LogP contribution in [0.25, 0.3) is 0 Å². The van der Waals surface area contributed by atoms with Gasteiger partial charge in [-0.2, -0.15) is 0 Å². The Morgan fingerprint density at radius 2 is 2.12 bits per heavy atom. The third kappa shape index (κ3) is 3.08. The summed E-state index contributed by atoms with van der Waals surface area (Å²) in [5.74, 6) is 0.820. The van der Waals surface area contributed by atoms with Gasteiger partial charge in [0.15, 0.2) is 0 Å². The molecule has 0 amide bonds. The number of nitrogens with zero attached hydrogens (tertiary/aromatic N) is 3. The molecular weight excluding hydrogens is 210 g/mol. The zero-order chi connectivity index (χ0) is 12.5. The minimum atomic E-state index is 0.431.